The highest BCUT2D eigenvalue weighted by atomic mass is 32.2. The van der Waals surface area contributed by atoms with Gasteiger partial charge in [-0.05, 0) is 17.5 Å². The molecule has 1 fully saturated rings. The Morgan fingerprint density at radius 1 is 1.00 bits per heavy atom. The molecule has 0 aliphatic carbocycles. The number of carbonyl (C=O) groups is 2. The van der Waals surface area contributed by atoms with Crippen molar-refractivity contribution >= 4 is 22.1 Å². The lowest BCUT2D eigenvalue weighted by molar-refractivity contribution is -0.125. The number of benzene rings is 2. The summed E-state index contributed by atoms with van der Waals surface area (Å²) in [6.45, 7) is 1.11. The zero-order valence-corrected chi connectivity index (χ0v) is 18.3. The van der Waals surface area contributed by atoms with Gasteiger partial charge in [0.2, 0.25) is 5.91 Å². The number of likely N-dealkylation sites (tertiary alicyclic amines) is 1. The third-order valence-electron chi connectivity index (χ3n) is 5.20. The summed E-state index contributed by atoms with van der Waals surface area (Å²) in [4.78, 5) is 26.3. The molecule has 0 bridgehead atoms. The molecule has 32 heavy (non-hydrogen) atoms. The molecule has 1 heterocycles. The minimum atomic E-state index is -4.40. The predicted octanol–water partition coefficient (Wildman–Crippen LogP) is 1.56. The molecule has 2 aromatic rings. The summed E-state index contributed by atoms with van der Waals surface area (Å²) < 4.78 is 37.9. The van der Waals surface area contributed by atoms with Crippen LogP contribution in [0.5, 0.6) is 0 Å². The monoisotopic (exact) mass is 461 g/mol. The van der Waals surface area contributed by atoms with E-state index in [4.69, 9.17) is 4.74 Å². The lowest BCUT2D eigenvalue weighted by atomic mass is 10.2. The van der Waals surface area contributed by atoms with E-state index in [1.165, 1.54) is 0 Å². The molecule has 3 N–H and O–H groups in total. The second-order valence-corrected chi connectivity index (χ2v) is 9.23. The molecule has 172 valence electrons. The van der Waals surface area contributed by atoms with Crippen LogP contribution in [0.2, 0.25) is 0 Å². The van der Waals surface area contributed by atoms with Crippen LogP contribution in [0.3, 0.4) is 0 Å². The Morgan fingerprint density at radius 2 is 1.62 bits per heavy atom. The van der Waals surface area contributed by atoms with Crippen molar-refractivity contribution in [2.45, 2.75) is 30.9 Å². The van der Waals surface area contributed by atoms with Crippen molar-refractivity contribution in [3.63, 3.8) is 0 Å². The Labute approximate surface area is 187 Å². The Kier molecular flexibility index (Phi) is 8.20. The van der Waals surface area contributed by atoms with Gasteiger partial charge >= 0.3 is 6.09 Å². The topological polar surface area (TPSA) is 125 Å². The van der Waals surface area contributed by atoms with Crippen LogP contribution in [0.1, 0.15) is 17.5 Å². The van der Waals surface area contributed by atoms with Gasteiger partial charge in [0.15, 0.2) is 0 Å². The largest absolute Gasteiger partial charge is 0.445 e. The van der Waals surface area contributed by atoms with Gasteiger partial charge in [-0.15, -0.1) is 0 Å². The highest BCUT2D eigenvalue weighted by molar-refractivity contribution is 7.86. The number of nitrogens with one attached hydrogen (secondary N) is 2. The third kappa shape index (κ3) is 6.78. The summed E-state index contributed by atoms with van der Waals surface area (Å²) in [5.41, 5.74) is 1.87. The molecule has 2 atom stereocenters. The first-order valence-corrected chi connectivity index (χ1v) is 11.8. The van der Waals surface area contributed by atoms with E-state index in [1.807, 2.05) is 36.4 Å². The SMILES string of the molecule is O=C(NCCNCc1ccccc1)[C@@H]1C[C@@H](S(=O)(=O)O)CN1C(=O)OCc1ccccc1. The Balaban J connectivity index is 1.53. The molecule has 1 aliphatic heterocycles. The normalized spacial score (nSPS) is 18.3. The van der Waals surface area contributed by atoms with Crippen LogP contribution in [-0.2, 0) is 32.8 Å². The zero-order valence-electron chi connectivity index (χ0n) is 17.5. The van der Waals surface area contributed by atoms with Crippen LogP contribution < -0.4 is 10.6 Å². The van der Waals surface area contributed by atoms with Crippen molar-refractivity contribution in [1.29, 1.82) is 0 Å². The summed E-state index contributed by atoms with van der Waals surface area (Å²) >= 11 is 0. The first-order chi connectivity index (χ1) is 15.3. The maximum Gasteiger partial charge on any atom is 0.410 e. The second kappa shape index (κ2) is 11.1. The molecule has 1 saturated heterocycles. The lowest BCUT2D eigenvalue weighted by Crippen LogP contribution is -2.47. The van der Waals surface area contributed by atoms with E-state index in [9.17, 15) is 22.6 Å². The van der Waals surface area contributed by atoms with Crippen LogP contribution in [0.15, 0.2) is 60.7 Å². The summed E-state index contributed by atoms with van der Waals surface area (Å²) in [6, 6.07) is 17.7. The molecular formula is C22H27N3O6S. The number of amides is 2. The number of carbonyl (C=O) groups excluding carboxylic acids is 2. The van der Waals surface area contributed by atoms with Crippen LogP contribution in [0, 0.1) is 0 Å². The number of ether oxygens (including phenoxy) is 1. The Bertz CT molecular complexity index is 1000. The minimum absolute atomic E-state index is 0.00946. The smallest absolute Gasteiger partial charge is 0.410 e. The summed E-state index contributed by atoms with van der Waals surface area (Å²) in [7, 11) is -4.40. The average molecular weight is 462 g/mol. The third-order valence-corrected chi connectivity index (χ3v) is 6.38. The fraction of sp³-hybridized carbons (Fsp3) is 0.364. The summed E-state index contributed by atoms with van der Waals surface area (Å²) in [6.07, 6.45) is -0.995. The molecule has 1 aliphatic rings. The first-order valence-electron chi connectivity index (χ1n) is 10.3. The van der Waals surface area contributed by atoms with Gasteiger partial charge in [0.05, 0.1) is 0 Å². The fourth-order valence-electron chi connectivity index (χ4n) is 3.49. The molecule has 2 amide bonds. The quantitative estimate of drug-likeness (QED) is 0.382. The van der Waals surface area contributed by atoms with Crippen molar-refractivity contribution < 1.29 is 27.3 Å². The van der Waals surface area contributed by atoms with Crippen LogP contribution in [0.25, 0.3) is 0 Å². The van der Waals surface area contributed by atoms with E-state index < -0.39 is 33.4 Å². The lowest BCUT2D eigenvalue weighted by Gasteiger charge is -2.23. The van der Waals surface area contributed by atoms with Crippen molar-refractivity contribution in [2.24, 2.45) is 0 Å². The van der Waals surface area contributed by atoms with Gasteiger partial charge in [0, 0.05) is 26.2 Å². The van der Waals surface area contributed by atoms with Crippen LogP contribution in [0.4, 0.5) is 4.79 Å². The van der Waals surface area contributed by atoms with Gasteiger partial charge in [-0.1, -0.05) is 60.7 Å². The van der Waals surface area contributed by atoms with Gasteiger partial charge in [-0.25, -0.2) is 4.79 Å². The van der Waals surface area contributed by atoms with E-state index in [-0.39, 0.29) is 19.6 Å². The molecule has 0 unspecified atom stereocenters. The van der Waals surface area contributed by atoms with Crippen molar-refractivity contribution in [3.8, 4) is 0 Å². The molecule has 9 nitrogen and oxygen atoms in total. The molecule has 0 radical (unpaired) electrons. The highest BCUT2D eigenvalue weighted by Gasteiger charge is 2.45. The maximum atomic E-state index is 12.7. The molecule has 2 aromatic carbocycles. The second-order valence-electron chi connectivity index (χ2n) is 7.53. The van der Waals surface area contributed by atoms with Crippen molar-refractivity contribution in [2.75, 3.05) is 19.6 Å². The van der Waals surface area contributed by atoms with Crippen LogP contribution >= 0.6 is 0 Å². The molecular weight excluding hydrogens is 434 g/mol. The van der Waals surface area contributed by atoms with E-state index >= 15 is 0 Å². The van der Waals surface area contributed by atoms with Crippen LogP contribution in [-0.4, -0.2) is 60.8 Å². The van der Waals surface area contributed by atoms with E-state index in [1.54, 1.807) is 24.3 Å². The number of hydrogen-bond acceptors (Lipinski definition) is 6. The summed E-state index contributed by atoms with van der Waals surface area (Å²) in [5.74, 6) is -0.491. The first kappa shape index (κ1) is 23.7. The number of rotatable bonds is 9. The number of nitrogens with zero attached hydrogens (tertiary/aromatic N) is 1. The van der Waals surface area contributed by atoms with Gasteiger partial charge in [0.1, 0.15) is 17.9 Å². The zero-order chi connectivity index (χ0) is 23.0. The Morgan fingerprint density at radius 3 is 2.25 bits per heavy atom. The highest BCUT2D eigenvalue weighted by Crippen LogP contribution is 2.24. The molecule has 10 heteroatoms. The maximum absolute atomic E-state index is 12.7. The Hall–Kier alpha value is -2.95. The summed E-state index contributed by atoms with van der Waals surface area (Å²) in [5, 5.41) is 4.67. The fourth-order valence-corrected chi connectivity index (χ4v) is 4.26. The van der Waals surface area contributed by atoms with E-state index in [2.05, 4.69) is 10.6 Å². The minimum Gasteiger partial charge on any atom is -0.445 e. The molecule has 0 aromatic heterocycles. The standard InChI is InChI=1S/C22H27N3O6S/c26-21(24-12-11-23-14-17-7-3-1-4-8-17)20-13-19(32(28,29)30)15-25(20)22(27)31-16-18-9-5-2-6-10-18/h1-10,19-20,23H,11-16H2,(H,24,26)(H,28,29,30)/t19-,20+/m1/s1. The average Bonchev–Trinajstić information content (AvgIpc) is 3.25. The molecule has 0 spiro atoms. The number of hydrogen-bond donors (Lipinski definition) is 3. The van der Waals surface area contributed by atoms with E-state index in [0.717, 1.165) is 16.0 Å². The van der Waals surface area contributed by atoms with Gasteiger partial charge in [0.25, 0.3) is 10.1 Å². The van der Waals surface area contributed by atoms with Crippen molar-refractivity contribution in [1.82, 2.24) is 15.5 Å². The van der Waals surface area contributed by atoms with Crippen molar-refractivity contribution in [3.05, 3.63) is 71.8 Å². The molecule has 0 saturated carbocycles. The van der Waals surface area contributed by atoms with Gasteiger partial charge < -0.3 is 15.4 Å². The van der Waals surface area contributed by atoms with E-state index in [0.29, 0.717) is 19.6 Å². The molecule has 3 rings (SSSR count). The predicted molar refractivity (Wildman–Crippen MR) is 118 cm³/mol. The van der Waals surface area contributed by atoms with Gasteiger partial charge in [-0.3, -0.25) is 14.2 Å². The van der Waals surface area contributed by atoms with Gasteiger partial charge in [-0.2, -0.15) is 8.42 Å².